The van der Waals surface area contributed by atoms with Crippen LogP contribution < -0.4 is 9.47 Å². The molecule has 2 radical (unpaired) electrons. The number of benzene rings is 3. The minimum absolute atomic E-state index is 0.125. The lowest BCUT2D eigenvalue weighted by atomic mass is 9.94. The third-order valence-electron chi connectivity index (χ3n) is 5.67. The van der Waals surface area contributed by atoms with E-state index >= 15 is 0 Å². The van der Waals surface area contributed by atoms with Crippen LogP contribution in [-0.4, -0.2) is 35.4 Å². The number of carbonyl (C=O) groups is 1. The van der Waals surface area contributed by atoms with E-state index in [2.05, 4.69) is 40.7 Å². The monoisotopic (exact) mass is 542 g/mol. The van der Waals surface area contributed by atoms with Gasteiger partial charge in [-0.15, -0.1) is 0 Å². The van der Waals surface area contributed by atoms with Crippen LogP contribution in [-0.2, 0) is 10.0 Å². The molecule has 1 N–H and O–H groups in total. The Kier molecular flexibility index (Phi) is 11.0. The fraction of sp³-hybridized carbons (Fsp3) is 0.323. The summed E-state index contributed by atoms with van der Waals surface area (Å²) < 4.78 is 16.2. The average molecular weight is 543 g/mol. The highest BCUT2D eigenvalue weighted by atomic mass is 28.2. The molecule has 39 heavy (non-hydrogen) atoms. The van der Waals surface area contributed by atoms with Crippen LogP contribution in [0, 0.1) is 22.7 Å². The average Bonchev–Trinajstić information content (AvgIpc) is 2.95. The van der Waals surface area contributed by atoms with Crippen molar-refractivity contribution < 1.29 is 23.8 Å². The molecular weight excluding hydrogens is 508 g/mol. The van der Waals surface area contributed by atoms with Gasteiger partial charge in [0.25, 0.3) is 0 Å². The molecule has 0 bridgehead atoms. The Morgan fingerprint density at radius 3 is 1.82 bits per heavy atom. The van der Waals surface area contributed by atoms with E-state index in [-0.39, 0.29) is 5.04 Å². The highest BCUT2D eigenvalue weighted by Gasteiger charge is 2.25. The topological polar surface area (TPSA) is 113 Å². The summed E-state index contributed by atoms with van der Waals surface area (Å²) in [5.74, 6) is 0.991. The van der Waals surface area contributed by atoms with E-state index in [1.54, 1.807) is 30.3 Å². The summed E-state index contributed by atoms with van der Waals surface area (Å²) in [4.78, 5) is 10.3. The lowest BCUT2D eigenvalue weighted by molar-refractivity contribution is 0.109. The van der Waals surface area contributed by atoms with E-state index in [0.29, 0.717) is 49.8 Å². The molecular formula is C31H34N2O5Si. The Hall–Kier alpha value is -3.95. The highest BCUT2D eigenvalue weighted by molar-refractivity contribution is 6.31. The van der Waals surface area contributed by atoms with Crippen LogP contribution >= 0.6 is 0 Å². The van der Waals surface area contributed by atoms with Crippen LogP contribution in [0.15, 0.2) is 60.7 Å². The molecule has 0 aliphatic rings. The SMILES string of the molecule is COc1ccc(C(O)c2ccc(C(C)(C)O[Si]C(C)(C)C)cc2)cc1C#N.COc1ccc(C=O)cc1C#N. The lowest BCUT2D eigenvalue weighted by Crippen LogP contribution is -2.27. The van der Waals surface area contributed by atoms with Crippen molar-refractivity contribution in [3.05, 3.63) is 94.0 Å². The number of rotatable bonds is 8. The summed E-state index contributed by atoms with van der Waals surface area (Å²) in [5, 5.41) is 28.7. The highest BCUT2D eigenvalue weighted by Crippen LogP contribution is 2.32. The summed E-state index contributed by atoms with van der Waals surface area (Å²) in [6, 6.07) is 21.7. The fourth-order valence-electron chi connectivity index (χ4n) is 3.47. The van der Waals surface area contributed by atoms with Crippen LogP contribution in [0.3, 0.4) is 0 Å². The number of aliphatic hydroxyl groups excluding tert-OH is 1. The molecule has 8 heteroatoms. The smallest absolute Gasteiger partial charge is 0.236 e. The lowest BCUT2D eigenvalue weighted by Gasteiger charge is -2.30. The first-order valence-corrected chi connectivity index (χ1v) is 13.1. The second kappa shape index (κ2) is 13.7. The van der Waals surface area contributed by atoms with Crippen molar-refractivity contribution in [2.75, 3.05) is 14.2 Å². The van der Waals surface area contributed by atoms with E-state index in [0.717, 1.165) is 11.1 Å². The first-order chi connectivity index (χ1) is 18.4. The predicted molar refractivity (Wildman–Crippen MR) is 151 cm³/mol. The number of hydrogen-bond acceptors (Lipinski definition) is 7. The molecule has 202 valence electrons. The Labute approximate surface area is 233 Å². The first-order valence-electron chi connectivity index (χ1n) is 12.2. The maximum absolute atomic E-state index is 10.7. The van der Waals surface area contributed by atoms with E-state index < -0.39 is 11.7 Å². The molecule has 0 amide bonds. The van der Waals surface area contributed by atoms with Gasteiger partial charge in [0, 0.05) is 5.56 Å². The van der Waals surface area contributed by atoms with Gasteiger partial charge in [-0.2, -0.15) is 10.5 Å². The maximum Gasteiger partial charge on any atom is 0.236 e. The van der Waals surface area contributed by atoms with Gasteiger partial charge >= 0.3 is 0 Å². The van der Waals surface area contributed by atoms with Crippen molar-refractivity contribution in [1.82, 2.24) is 0 Å². The summed E-state index contributed by atoms with van der Waals surface area (Å²) in [7, 11) is 3.40. The maximum atomic E-state index is 10.7. The number of methoxy groups -OCH3 is 2. The zero-order chi connectivity index (χ0) is 29.2. The summed E-state index contributed by atoms with van der Waals surface area (Å²) in [5.41, 5.74) is 3.34. The van der Waals surface area contributed by atoms with Gasteiger partial charge < -0.3 is 19.0 Å². The molecule has 0 aliphatic heterocycles. The van der Waals surface area contributed by atoms with Crippen molar-refractivity contribution in [2.24, 2.45) is 0 Å². The molecule has 7 nitrogen and oxygen atoms in total. The van der Waals surface area contributed by atoms with Gasteiger partial charge in [0.15, 0.2) is 0 Å². The number of carbonyl (C=O) groups excluding carboxylic acids is 1. The molecule has 0 aromatic heterocycles. The van der Waals surface area contributed by atoms with Gasteiger partial charge in [-0.3, -0.25) is 4.79 Å². The van der Waals surface area contributed by atoms with Gasteiger partial charge in [-0.05, 0) is 65.9 Å². The van der Waals surface area contributed by atoms with Crippen LogP contribution in [0.4, 0.5) is 0 Å². The number of hydrogen-bond donors (Lipinski definition) is 1. The van der Waals surface area contributed by atoms with Crippen LogP contribution in [0.1, 0.15) is 78.9 Å². The van der Waals surface area contributed by atoms with Crippen molar-refractivity contribution >= 4 is 16.0 Å². The van der Waals surface area contributed by atoms with Crippen molar-refractivity contribution in [3.63, 3.8) is 0 Å². The third kappa shape index (κ3) is 8.80. The Balaban J connectivity index is 0.000000370. The summed E-state index contributed by atoms with van der Waals surface area (Å²) in [6.07, 6.45) is -0.113. The quantitative estimate of drug-likeness (QED) is 0.270. The van der Waals surface area contributed by atoms with Gasteiger partial charge in [0.2, 0.25) is 9.76 Å². The van der Waals surface area contributed by atoms with Crippen LogP contribution in [0.25, 0.3) is 0 Å². The Bertz CT molecular complexity index is 1350. The molecule has 1 atom stereocenters. The number of nitriles is 2. The normalized spacial score (nSPS) is 11.7. The Morgan fingerprint density at radius 1 is 0.821 bits per heavy atom. The van der Waals surface area contributed by atoms with Gasteiger partial charge in [0.1, 0.15) is 36.0 Å². The number of aldehydes is 1. The van der Waals surface area contributed by atoms with Gasteiger partial charge in [0.05, 0.1) is 30.9 Å². The second-order valence-corrected chi connectivity index (χ2v) is 12.2. The molecule has 3 aromatic carbocycles. The molecule has 0 fully saturated rings. The zero-order valence-electron chi connectivity index (χ0n) is 23.4. The molecule has 3 aromatic rings. The third-order valence-corrected chi connectivity index (χ3v) is 6.90. The molecule has 0 spiro atoms. The molecule has 0 saturated heterocycles. The molecule has 0 aliphatic carbocycles. The summed E-state index contributed by atoms with van der Waals surface area (Å²) >= 11 is 0. The number of ether oxygens (including phenoxy) is 2. The predicted octanol–water partition coefficient (Wildman–Crippen LogP) is 6.12. The van der Waals surface area contributed by atoms with E-state index in [9.17, 15) is 15.2 Å². The van der Waals surface area contributed by atoms with E-state index in [4.69, 9.17) is 19.2 Å². The van der Waals surface area contributed by atoms with Crippen molar-refractivity contribution in [1.29, 1.82) is 10.5 Å². The van der Waals surface area contributed by atoms with Crippen LogP contribution in [0.5, 0.6) is 11.5 Å². The largest absolute Gasteiger partial charge is 0.495 e. The van der Waals surface area contributed by atoms with Gasteiger partial charge in [-0.1, -0.05) is 51.1 Å². The van der Waals surface area contributed by atoms with Crippen LogP contribution in [0.2, 0.25) is 5.04 Å². The second-order valence-electron chi connectivity index (χ2n) is 10.2. The zero-order valence-corrected chi connectivity index (χ0v) is 24.4. The van der Waals surface area contributed by atoms with E-state index in [1.807, 2.05) is 30.3 Å². The fourth-order valence-corrected chi connectivity index (χ4v) is 4.15. The molecule has 0 heterocycles. The first kappa shape index (κ1) is 31.3. The summed E-state index contributed by atoms with van der Waals surface area (Å²) in [6.45, 7) is 10.6. The molecule has 1 unspecified atom stereocenters. The minimum atomic E-state index is -0.808. The van der Waals surface area contributed by atoms with E-state index in [1.165, 1.54) is 20.3 Å². The number of aliphatic hydroxyl groups is 1. The Morgan fingerprint density at radius 2 is 1.33 bits per heavy atom. The standard InChI is InChI=1S/C22H27NO3Si.C9H7NO2/c1-21(2,3)27-26-22(4,5)18-10-7-15(8-11-18)20(24)16-9-12-19(25-6)17(13-16)14-23;1-12-9-3-2-7(6-11)4-8(9)5-10/h7-13,20,24H,1-6H3;2-4,6H,1H3. The minimum Gasteiger partial charge on any atom is -0.495 e. The van der Waals surface area contributed by atoms with Crippen molar-refractivity contribution in [3.8, 4) is 23.6 Å². The van der Waals surface area contributed by atoms with Gasteiger partial charge in [-0.25, -0.2) is 0 Å². The van der Waals surface area contributed by atoms with Crippen molar-refractivity contribution in [2.45, 2.75) is 51.4 Å². The molecule has 3 rings (SSSR count). The molecule has 0 saturated carbocycles. The number of nitrogens with zero attached hydrogens (tertiary/aromatic N) is 2.